The maximum Gasteiger partial charge on any atom is 0.0826 e. The minimum Gasteiger partial charge on any atom is -0.378 e. The standard InChI is InChI=1S/C16H30N2O2/c1-3-18-8-9-20-13(12-18)11-17-14-10-15(19-4-2)16(14)6-5-7-16/h13-15,17H,3-12H2,1-2H3. The number of rotatable bonds is 6. The molecular formula is C16H30N2O2. The van der Waals surface area contributed by atoms with E-state index in [1.807, 2.05) is 0 Å². The van der Waals surface area contributed by atoms with Gasteiger partial charge in [0.1, 0.15) is 0 Å². The van der Waals surface area contributed by atoms with Crippen LogP contribution in [0.4, 0.5) is 0 Å². The molecule has 3 atom stereocenters. The highest BCUT2D eigenvalue weighted by Gasteiger charge is 2.58. The van der Waals surface area contributed by atoms with Crippen LogP contribution in [0.5, 0.6) is 0 Å². The van der Waals surface area contributed by atoms with Crippen molar-refractivity contribution >= 4 is 0 Å². The van der Waals surface area contributed by atoms with Gasteiger partial charge >= 0.3 is 0 Å². The highest BCUT2D eigenvalue weighted by molar-refractivity contribution is 5.12. The number of hydrogen-bond acceptors (Lipinski definition) is 4. The molecule has 3 aliphatic rings. The van der Waals surface area contributed by atoms with Gasteiger partial charge in [-0.3, -0.25) is 4.90 Å². The van der Waals surface area contributed by atoms with Crippen LogP contribution in [0.15, 0.2) is 0 Å². The van der Waals surface area contributed by atoms with Crippen LogP contribution in [0.2, 0.25) is 0 Å². The van der Waals surface area contributed by atoms with Crippen LogP contribution in [0, 0.1) is 5.41 Å². The number of nitrogens with zero attached hydrogens (tertiary/aromatic N) is 1. The molecule has 0 aromatic heterocycles. The van der Waals surface area contributed by atoms with Crippen LogP contribution < -0.4 is 5.32 Å². The fourth-order valence-corrected chi connectivity index (χ4v) is 4.19. The molecule has 1 saturated heterocycles. The van der Waals surface area contributed by atoms with E-state index in [1.165, 1.54) is 25.7 Å². The second kappa shape index (κ2) is 6.30. The molecule has 2 saturated carbocycles. The number of morpholine rings is 1. The van der Waals surface area contributed by atoms with Gasteiger partial charge in [-0.05, 0) is 32.7 Å². The van der Waals surface area contributed by atoms with E-state index in [4.69, 9.17) is 9.47 Å². The van der Waals surface area contributed by atoms with Crippen molar-refractivity contribution in [1.82, 2.24) is 10.2 Å². The van der Waals surface area contributed by atoms with Crippen molar-refractivity contribution in [1.29, 1.82) is 0 Å². The summed E-state index contributed by atoms with van der Waals surface area (Å²) in [6.45, 7) is 10.4. The Kier molecular flexibility index (Phi) is 4.65. The number of likely N-dealkylation sites (N-methyl/N-ethyl adjacent to an activating group) is 1. The van der Waals surface area contributed by atoms with Crippen molar-refractivity contribution < 1.29 is 9.47 Å². The summed E-state index contributed by atoms with van der Waals surface area (Å²) in [4.78, 5) is 2.48. The summed E-state index contributed by atoms with van der Waals surface area (Å²) in [5.74, 6) is 0. The molecule has 4 nitrogen and oxygen atoms in total. The van der Waals surface area contributed by atoms with Crippen LogP contribution in [0.3, 0.4) is 0 Å². The van der Waals surface area contributed by atoms with Gasteiger partial charge in [0.25, 0.3) is 0 Å². The molecule has 3 rings (SSSR count). The summed E-state index contributed by atoms with van der Waals surface area (Å²) in [6, 6.07) is 0.661. The maximum absolute atomic E-state index is 5.91. The van der Waals surface area contributed by atoms with E-state index in [0.717, 1.165) is 39.4 Å². The molecular weight excluding hydrogens is 252 g/mol. The average Bonchev–Trinajstić information content (AvgIpc) is 2.40. The van der Waals surface area contributed by atoms with E-state index < -0.39 is 0 Å². The van der Waals surface area contributed by atoms with Crippen molar-refractivity contribution in [3.05, 3.63) is 0 Å². The van der Waals surface area contributed by atoms with E-state index >= 15 is 0 Å². The van der Waals surface area contributed by atoms with E-state index in [2.05, 4.69) is 24.1 Å². The van der Waals surface area contributed by atoms with Gasteiger partial charge in [-0.25, -0.2) is 0 Å². The second-order valence-electron chi connectivity index (χ2n) is 6.61. The van der Waals surface area contributed by atoms with E-state index in [1.54, 1.807) is 0 Å². The summed E-state index contributed by atoms with van der Waals surface area (Å²) in [5.41, 5.74) is 0.467. The summed E-state index contributed by atoms with van der Waals surface area (Å²) in [6.07, 6.45) is 6.15. The normalized spacial score (nSPS) is 36.6. The highest BCUT2D eigenvalue weighted by atomic mass is 16.5. The lowest BCUT2D eigenvalue weighted by atomic mass is 9.51. The summed E-state index contributed by atoms with van der Waals surface area (Å²) in [5, 5.41) is 3.78. The molecule has 0 amide bonds. The Hall–Kier alpha value is -0.160. The van der Waals surface area contributed by atoms with Gasteiger partial charge < -0.3 is 14.8 Å². The van der Waals surface area contributed by atoms with Gasteiger partial charge in [-0.2, -0.15) is 0 Å². The van der Waals surface area contributed by atoms with Gasteiger partial charge in [0, 0.05) is 37.7 Å². The Morgan fingerprint density at radius 1 is 1.35 bits per heavy atom. The molecule has 4 heteroatoms. The molecule has 0 aromatic carbocycles. The number of hydrogen-bond donors (Lipinski definition) is 1. The topological polar surface area (TPSA) is 33.7 Å². The van der Waals surface area contributed by atoms with Crippen molar-refractivity contribution in [2.24, 2.45) is 5.41 Å². The van der Waals surface area contributed by atoms with Crippen molar-refractivity contribution in [2.45, 2.75) is 57.8 Å². The van der Waals surface area contributed by atoms with Crippen LogP contribution in [-0.4, -0.2) is 62.5 Å². The summed E-state index contributed by atoms with van der Waals surface area (Å²) < 4.78 is 11.8. The Morgan fingerprint density at radius 2 is 2.20 bits per heavy atom. The molecule has 3 unspecified atom stereocenters. The van der Waals surface area contributed by atoms with Gasteiger partial charge in [0.05, 0.1) is 18.8 Å². The van der Waals surface area contributed by atoms with Crippen LogP contribution in [0.1, 0.15) is 39.5 Å². The molecule has 0 radical (unpaired) electrons. The van der Waals surface area contributed by atoms with Crippen molar-refractivity contribution in [3.63, 3.8) is 0 Å². The minimum atomic E-state index is 0.368. The van der Waals surface area contributed by atoms with E-state index in [0.29, 0.717) is 23.7 Å². The van der Waals surface area contributed by atoms with Gasteiger partial charge in [0.2, 0.25) is 0 Å². The zero-order chi connectivity index (χ0) is 14.0. The second-order valence-corrected chi connectivity index (χ2v) is 6.61. The number of ether oxygens (including phenoxy) is 2. The van der Waals surface area contributed by atoms with E-state index in [9.17, 15) is 0 Å². The van der Waals surface area contributed by atoms with Crippen LogP contribution in [-0.2, 0) is 9.47 Å². The first-order valence-corrected chi connectivity index (χ1v) is 8.47. The Morgan fingerprint density at radius 3 is 2.85 bits per heavy atom. The fourth-order valence-electron chi connectivity index (χ4n) is 4.19. The number of nitrogens with one attached hydrogen (secondary N) is 1. The van der Waals surface area contributed by atoms with Gasteiger partial charge in [0.15, 0.2) is 0 Å². The van der Waals surface area contributed by atoms with Crippen molar-refractivity contribution in [2.75, 3.05) is 39.4 Å². The van der Waals surface area contributed by atoms with Crippen LogP contribution >= 0.6 is 0 Å². The monoisotopic (exact) mass is 282 g/mol. The third-order valence-corrected chi connectivity index (χ3v) is 5.70. The lowest BCUT2D eigenvalue weighted by Gasteiger charge is -2.61. The molecule has 0 aromatic rings. The molecule has 3 fully saturated rings. The molecule has 2 aliphatic carbocycles. The molecule has 1 spiro atoms. The lowest BCUT2D eigenvalue weighted by Crippen LogP contribution is -2.67. The maximum atomic E-state index is 5.91. The van der Waals surface area contributed by atoms with Crippen molar-refractivity contribution in [3.8, 4) is 0 Å². The zero-order valence-corrected chi connectivity index (χ0v) is 13.1. The summed E-state index contributed by atoms with van der Waals surface area (Å²) in [7, 11) is 0. The molecule has 1 N–H and O–H groups in total. The first-order valence-electron chi connectivity index (χ1n) is 8.47. The summed E-state index contributed by atoms with van der Waals surface area (Å²) >= 11 is 0. The molecule has 1 heterocycles. The highest BCUT2D eigenvalue weighted by Crippen LogP contribution is 2.57. The quantitative estimate of drug-likeness (QED) is 0.803. The SMILES string of the molecule is CCOC1CC(NCC2CN(CC)CCO2)C12CCC2. The molecule has 1 aliphatic heterocycles. The first kappa shape index (κ1) is 14.8. The predicted octanol–water partition coefficient (Wildman–Crippen LogP) is 1.64. The molecule has 20 heavy (non-hydrogen) atoms. The first-order chi connectivity index (χ1) is 9.78. The Balaban J connectivity index is 1.45. The predicted molar refractivity (Wildman–Crippen MR) is 80.0 cm³/mol. The van der Waals surface area contributed by atoms with E-state index in [-0.39, 0.29) is 0 Å². The molecule has 0 bridgehead atoms. The zero-order valence-electron chi connectivity index (χ0n) is 13.1. The molecule has 116 valence electrons. The average molecular weight is 282 g/mol. The minimum absolute atomic E-state index is 0.368. The Labute approximate surface area is 123 Å². The van der Waals surface area contributed by atoms with Gasteiger partial charge in [-0.1, -0.05) is 13.3 Å². The third kappa shape index (κ3) is 2.63. The van der Waals surface area contributed by atoms with Crippen LogP contribution in [0.25, 0.3) is 0 Å². The smallest absolute Gasteiger partial charge is 0.0826 e. The third-order valence-electron chi connectivity index (χ3n) is 5.70. The largest absolute Gasteiger partial charge is 0.378 e. The Bertz CT molecular complexity index is 320. The lowest BCUT2D eigenvalue weighted by molar-refractivity contribution is -0.174. The van der Waals surface area contributed by atoms with Gasteiger partial charge in [-0.15, -0.1) is 0 Å². The fraction of sp³-hybridized carbons (Fsp3) is 1.00.